The molecule has 92 valence electrons. The third-order valence-corrected chi connectivity index (χ3v) is 3.10. The summed E-state index contributed by atoms with van der Waals surface area (Å²) in [5.41, 5.74) is 0. The Labute approximate surface area is 105 Å². The quantitative estimate of drug-likeness (QED) is 0.672. The van der Waals surface area contributed by atoms with Crippen LogP contribution >= 0.6 is 15.9 Å². The van der Waals surface area contributed by atoms with E-state index in [4.69, 9.17) is 0 Å². The zero-order valence-electron chi connectivity index (χ0n) is 9.09. The lowest BCUT2D eigenvalue weighted by atomic mass is 10.3. The van der Waals surface area contributed by atoms with Gasteiger partial charge in [-0.25, -0.2) is 0 Å². The van der Waals surface area contributed by atoms with Gasteiger partial charge in [0.15, 0.2) is 0 Å². The average molecular weight is 303 g/mol. The molecule has 0 radical (unpaired) electrons. The number of hydrogen-bond donors (Lipinski definition) is 1. The number of halogens is 1. The Balaban J connectivity index is 2.12. The highest BCUT2D eigenvalue weighted by molar-refractivity contribution is 9.10. The van der Waals surface area contributed by atoms with E-state index < -0.39 is 11.0 Å². The number of amides is 1. The summed E-state index contributed by atoms with van der Waals surface area (Å²) in [5.74, 6) is -0.450. The molecule has 1 heterocycles. The molecule has 1 aliphatic carbocycles. The predicted octanol–water partition coefficient (Wildman–Crippen LogP) is 1.39. The molecule has 8 heteroatoms. The van der Waals surface area contributed by atoms with Gasteiger partial charge in [-0.1, -0.05) is 0 Å². The molecule has 7 nitrogen and oxygen atoms in total. The summed E-state index contributed by atoms with van der Waals surface area (Å²) in [5, 5.41) is 17.2. The third kappa shape index (κ3) is 2.63. The fourth-order valence-corrected chi connectivity index (χ4v) is 1.79. The molecule has 1 unspecified atom stereocenters. The molecule has 1 aliphatic rings. The topological polar surface area (TPSA) is 90.1 Å². The van der Waals surface area contributed by atoms with Crippen molar-refractivity contribution in [2.45, 2.75) is 31.8 Å². The first-order chi connectivity index (χ1) is 7.99. The van der Waals surface area contributed by atoms with E-state index in [0.29, 0.717) is 0 Å². The van der Waals surface area contributed by atoms with Gasteiger partial charge in [-0.15, -0.1) is 0 Å². The Bertz CT molecular complexity index is 469. The lowest BCUT2D eigenvalue weighted by Gasteiger charge is -2.08. The van der Waals surface area contributed by atoms with Gasteiger partial charge in [0.1, 0.15) is 10.5 Å². The predicted molar refractivity (Wildman–Crippen MR) is 62.5 cm³/mol. The number of nitro groups is 1. The largest absolute Gasteiger partial charge is 0.404 e. The highest BCUT2D eigenvalue weighted by Crippen LogP contribution is 2.25. The molecule has 1 N–H and O–H groups in total. The molecule has 1 saturated carbocycles. The van der Waals surface area contributed by atoms with E-state index in [1.165, 1.54) is 10.9 Å². The van der Waals surface area contributed by atoms with Crippen molar-refractivity contribution >= 4 is 27.7 Å². The van der Waals surface area contributed by atoms with Gasteiger partial charge in [-0.05, 0) is 40.6 Å². The molecule has 0 aromatic carbocycles. The average Bonchev–Trinajstić information content (AvgIpc) is 2.97. The van der Waals surface area contributed by atoms with E-state index in [0.717, 1.165) is 12.8 Å². The molecule has 1 aromatic rings. The molecule has 1 amide bonds. The van der Waals surface area contributed by atoms with Crippen molar-refractivity contribution in [2.24, 2.45) is 0 Å². The Morgan fingerprint density at radius 1 is 1.76 bits per heavy atom. The lowest BCUT2D eigenvalue weighted by Crippen LogP contribution is -2.32. The minimum absolute atomic E-state index is 0.169. The first kappa shape index (κ1) is 12.0. The van der Waals surface area contributed by atoms with Gasteiger partial charge in [0, 0.05) is 6.04 Å². The maximum absolute atomic E-state index is 11.7. The summed E-state index contributed by atoms with van der Waals surface area (Å²) in [6.45, 7) is 1.65. The molecule has 1 aromatic heterocycles. The zero-order valence-corrected chi connectivity index (χ0v) is 10.7. The number of carbonyl (C=O) groups excluding carboxylic acids is 1. The Hall–Kier alpha value is -1.44. The van der Waals surface area contributed by atoms with Crippen molar-refractivity contribution in [3.8, 4) is 0 Å². The summed E-state index contributed by atoms with van der Waals surface area (Å²) in [6.07, 6.45) is 3.44. The number of hydrogen-bond acceptors (Lipinski definition) is 4. The van der Waals surface area contributed by atoms with Crippen LogP contribution in [0.25, 0.3) is 0 Å². The van der Waals surface area contributed by atoms with Gasteiger partial charge in [0.05, 0.1) is 11.3 Å². The molecule has 0 bridgehead atoms. The molecule has 2 rings (SSSR count). The van der Waals surface area contributed by atoms with Crippen molar-refractivity contribution < 1.29 is 9.72 Å². The number of nitrogens with one attached hydrogen (secondary N) is 1. The number of aromatic nitrogens is 2. The van der Waals surface area contributed by atoms with Gasteiger partial charge in [0.2, 0.25) is 5.91 Å². The minimum Gasteiger partial charge on any atom is -0.358 e. The van der Waals surface area contributed by atoms with Crippen LogP contribution in [0, 0.1) is 10.1 Å². The standard InChI is InChI=1S/C9H11BrN4O3/c1-5(9(15)11-6-2-3-6)13-4-7(10)8(12-13)14(16)17/h4-6H,2-3H2,1H3,(H,11,15). The van der Waals surface area contributed by atoms with Crippen molar-refractivity contribution in [1.29, 1.82) is 0 Å². The maximum atomic E-state index is 11.7. The maximum Gasteiger partial charge on any atom is 0.404 e. The van der Waals surface area contributed by atoms with Crippen LogP contribution in [-0.4, -0.2) is 26.7 Å². The van der Waals surface area contributed by atoms with Crippen molar-refractivity contribution in [1.82, 2.24) is 15.1 Å². The summed E-state index contributed by atoms with van der Waals surface area (Å²) in [7, 11) is 0. The van der Waals surface area contributed by atoms with Crippen LogP contribution in [0.4, 0.5) is 5.82 Å². The molecule has 17 heavy (non-hydrogen) atoms. The summed E-state index contributed by atoms with van der Waals surface area (Å²) in [4.78, 5) is 21.8. The third-order valence-electron chi connectivity index (χ3n) is 2.54. The van der Waals surface area contributed by atoms with E-state index >= 15 is 0 Å². The molecule has 0 aliphatic heterocycles. The monoisotopic (exact) mass is 302 g/mol. The van der Waals surface area contributed by atoms with Crippen LogP contribution in [0.5, 0.6) is 0 Å². The van der Waals surface area contributed by atoms with Crippen LogP contribution in [0.3, 0.4) is 0 Å². The number of carbonyl (C=O) groups is 1. The van der Waals surface area contributed by atoms with E-state index in [1.807, 2.05) is 0 Å². The molecule has 0 saturated heterocycles. The molecular formula is C9H11BrN4O3. The smallest absolute Gasteiger partial charge is 0.358 e. The second-order valence-electron chi connectivity index (χ2n) is 4.00. The summed E-state index contributed by atoms with van der Waals surface area (Å²) >= 11 is 3.04. The highest BCUT2D eigenvalue weighted by atomic mass is 79.9. The molecule has 1 fully saturated rings. The Morgan fingerprint density at radius 2 is 2.41 bits per heavy atom. The molecule has 0 spiro atoms. The Kier molecular flexibility index (Phi) is 3.14. The fraction of sp³-hybridized carbons (Fsp3) is 0.556. The number of rotatable bonds is 4. The summed E-state index contributed by atoms with van der Waals surface area (Å²) < 4.78 is 1.56. The normalized spacial score (nSPS) is 16.6. The van der Waals surface area contributed by atoms with Gasteiger partial charge >= 0.3 is 5.82 Å². The second-order valence-corrected chi connectivity index (χ2v) is 4.85. The zero-order chi connectivity index (χ0) is 12.6. The van der Waals surface area contributed by atoms with Crippen molar-refractivity contribution in [3.63, 3.8) is 0 Å². The second kappa shape index (κ2) is 4.44. The van der Waals surface area contributed by atoms with Crippen LogP contribution in [-0.2, 0) is 4.79 Å². The highest BCUT2D eigenvalue weighted by Gasteiger charge is 2.29. The van der Waals surface area contributed by atoms with Gasteiger partial charge < -0.3 is 15.4 Å². The van der Waals surface area contributed by atoms with E-state index in [-0.39, 0.29) is 22.2 Å². The van der Waals surface area contributed by atoms with Gasteiger partial charge in [-0.3, -0.25) is 4.79 Å². The van der Waals surface area contributed by atoms with Gasteiger partial charge in [0.25, 0.3) is 0 Å². The van der Waals surface area contributed by atoms with Crippen molar-refractivity contribution in [3.05, 3.63) is 20.8 Å². The molecular weight excluding hydrogens is 292 g/mol. The first-order valence-corrected chi connectivity index (χ1v) is 5.97. The lowest BCUT2D eigenvalue weighted by molar-refractivity contribution is -0.390. The first-order valence-electron chi connectivity index (χ1n) is 5.18. The summed E-state index contributed by atoms with van der Waals surface area (Å²) in [6, 6.07) is -0.292. The minimum atomic E-state index is -0.591. The van der Waals surface area contributed by atoms with Crippen molar-refractivity contribution in [2.75, 3.05) is 0 Å². The fourth-order valence-electron chi connectivity index (χ4n) is 1.35. The van der Waals surface area contributed by atoms with E-state index in [1.54, 1.807) is 6.92 Å². The van der Waals surface area contributed by atoms with E-state index in [2.05, 4.69) is 26.3 Å². The van der Waals surface area contributed by atoms with Crippen LogP contribution in [0.1, 0.15) is 25.8 Å². The number of nitrogens with zero attached hydrogens (tertiary/aromatic N) is 3. The Morgan fingerprint density at radius 3 is 2.88 bits per heavy atom. The van der Waals surface area contributed by atoms with Crippen LogP contribution < -0.4 is 5.32 Å². The van der Waals surface area contributed by atoms with Gasteiger partial charge in [-0.2, -0.15) is 4.68 Å². The van der Waals surface area contributed by atoms with Crippen LogP contribution in [0.15, 0.2) is 10.7 Å². The molecule has 1 atom stereocenters. The van der Waals surface area contributed by atoms with E-state index in [9.17, 15) is 14.9 Å². The van der Waals surface area contributed by atoms with Crippen LogP contribution in [0.2, 0.25) is 0 Å². The SMILES string of the molecule is CC(C(=O)NC1CC1)n1cc(Br)c([N+](=O)[O-])n1.